The van der Waals surface area contributed by atoms with Crippen LogP contribution in [0.25, 0.3) is 0 Å². The summed E-state index contributed by atoms with van der Waals surface area (Å²) in [4.78, 5) is 29.2. The molecule has 1 aliphatic heterocycles. The summed E-state index contributed by atoms with van der Waals surface area (Å²) in [6.07, 6.45) is 0.997. The number of sulfonamides is 1. The largest absolute Gasteiger partial charge is 0.454 e. The van der Waals surface area contributed by atoms with E-state index in [4.69, 9.17) is 9.47 Å². The van der Waals surface area contributed by atoms with E-state index in [1.165, 1.54) is 11.8 Å². The van der Waals surface area contributed by atoms with Gasteiger partial charge in [0, 0.05) is 30.0 Å². The van der Waals surface area contributed by atoms with Gasteiger partial charge >= 0.3 is 0 Å². The van der Waals surface area contributed by atoms with Gasteiger partial charge in [0.25, 0.3) is 0 Å². The molecule has 0 fully saturated rings. The highest BCUT2D eigenvalue weighted by Crippen LogP contribution is 2.36. The van der Waals surface area contributed by atoms with Crippen LogP contribution in [0.1, 0.15) is 31.4 Å². The molecule has 9 nitrogen and oxygen atoms in total. The fourth-order valence-corrected chi connectivity index (χ4v) is 6.01. The fourth-order valence-electron chi connectivity index (χ4n) is 4.51. The Morgan fingerprint density at radius 1 is 0.951 bits per heavy atom. The normalized spacial score (nSPS) is 13.0. The van der Waals surface area contributed by atoms with E-state index in [0.717, 1.165) is 26.3 Å². The molecule has 0 saturated heterocycles. The van der Waals surface area contributed by atoms with E-state index in [0.29, 0.717) is 18.0 Å². The number of nitrogens with one attached hydrogen (secondary N) is 1. The Kier molecular flexibility index (Phi) is 10.3. The maximum Gasteiger partial charge on any atom is 0.244 e. The van der Waals surface area contributed by atoms with Gasteiger partial charge in [-0.25, -0.2) is 8.42 Å². The van der Waals surface area contributed by atoms with Crippen LogP contribution in [0.2, 0.25) is 0 Å². The van der Waals surface area contributed by atoms with Gasteiger partial charge in [-0.05, 0) is 48.7 Å². The van der Waals surface area contributed by atoms with E-state index < -0.39 is 28.5 Å². The zero-order valence-electron chi connectivity index (χ0n) is 23.1. The van der Waals surface area contributed by atoms with Crippen LogP contribution in [0, 0.1) is 0 Å². The molecular formula is C30H34BrN3O6S. The summed E-state index contributed by atoms with van der Waals surface area (Å²) in [6.45, 7) is 3.58. The van der Waals surface area contributed by atoms with Gasteiger partial charge in [-0.15, -0.1) is 0 Å². The topological polar surface area (TPSA) is 105 Å². The van der Waals surface area contributed by atoms with Crippen LogP contribution >= 0.6 is 15.9 Å². The van der Waals surface area contributed by atoms with Gasteiger partial charge in [-0.3, -0.25) is 13.9 Å². The second-order valence-corrected chi connectivity index (χ2v) is 12.7. The maximum atomic E-state index is 14.2. The second-order valence-electron chi connectivity index (χ2n) is 9.59. The first-order valence-corrected chi connectivity index (χ1v) is 15.9. The van der Waals surface area contributed by atoms with Gasteiger partial charge in [0.15, 0.2) is 11.5 Å². The molecule has 11 heteroatoms. The smallest absolute Gasteiger partial charge is 0.244 e. The van der Waals surface area contributed by atoms with Crippen LogP contribution in [0.15, 0.2) is 77.3 Å². The van der Waals surface area contributed by atoms with E-state index in [1.807, 2.05) is 61.5 Å². The molecule has 3 aromatic rings. The summed E-state index contributed by atoms with van der Waals surface area (Å²) in [5, 5.41) is 2.94. The predicted molar refractivity (Wildman–Crippen MR) is 161 cm³/mol. The number of nitrogens with zero attached hydrogens (tertiary/aromatic N) is 2. The van der Waals surface area contributed by atoms with Gasteiger partial charge in [0.05, 0.1) is 11.4 Å². The van der Waals surface area contributed by atoms with Gasteiger partial charge in [0.1, 0.15) is 12.6 Å². The van der Waals surface area contributed by atoms with Crippen molar-refractivity contribution in [3.05, 3.63) is 88.4 Å². The first-order valence-electron chi connectivity index (χ1n) is 13.5. The lowest BCUT2D eigenvalue weighted by atomic mass is 10.0. The Bertz CT molecular complexity index is 1470. The number of amides is 2. The molecule has 0 aromatic heterocycles. The molecule has 0 aliphatic carbocycles. The summed E-state index contributed by atoms with van der Waals surface area (Å²) in [5.41, 5.74) is 1.95. The summed E-state index contributed by atoms with van der Waals surface area (Å²) >= 11 is 3.48. The van der Waals surface area contributed by atoms with Crippen LogP contribution in [0.5, 0.6) is 11.5 Å². The molecule has 41 heavy (non-hydrogen) atoms. The van der Waals surface area contributed by atoms with E-state index in [2.05, 4.69) is 21.2 Å². The molecule has 1 heterocycles. The Morgan fingerprint density at radius 3 is 2.39 bits per heavy atom. The standard InChI is InChI=1S/C30H34BrN3O6S/c1-3-15-32-30(36)26(17-22-9-6-5-7-10-22)33(19-23-11-8-12-24(31)16-23)29(35)20-34(41(37,38)4-2)25-13-14-27-28(18-25)40-21-39-27/h5-14,16,18,26H,3-4,15,17,19-21H2,1-2H3,(H,32,36). The van der Waals surface area contributed by atoms with Crippen molar-refractivity contribution < 1.29 is 27.5 Å². The fraction of sp³-hybridized carbons (Fsp3) is 0.333. The predicted octanol–water partition coefficient (Wildman–Crippen LogP) is 4.50. The number of halogens is 1. The molecule has 3 aromatic carbocycles. The van der Waals surface area contributed by atoms with E-state index in [1.54, 1.807) is 18.2 Å². The quantitative estimate of drug-likeness (QED) is 0.294. The summed E-state index contributed by atoms with van der Waals surface area (Å²) < 4.78 is 39.3. The highest BCUT2D eigenvalue weighted by atomic mass is 79.9. The minimum Gasteiger partial charge on any atom is -0.454 e. The monoisotopic (exact) mass is 643 g/mol. The minimum atomic E-state index is -3.88. The SMILES string of the molecule is CCCNC(=O)C(Cc1ccccc1)N(Cc1cccc(Br)c1)C(=O)CN(c1ccc2c(c1)OCO2)S(=O)(=O)CC. The Labute approximate surface area is 249 Å². The van der Waals surface area contributed by atoms with Crippen LogP contribution in [-0.2, 0) is 32.6 Å². The van der Waals surface area contributed by atoms with Crippen molar-refractivity contribution in [3.8, 4) is 11.5 Å². The van der Waals surface area contributed by atoms with Crippen molar-refractivity contribution in [2.24, 2.45) is 0 Å². The average Bonchev–Trinajstić information content (AvgIpc) is 3.45. The van der Waals surface area contributed by atoms with Crippen LogP contribution < -0.4 is 19.1 Å². The molecule has 1 N–H and O–H groups in total. The lowest BCUT2D eigenvalue weighted by molar-refractivity contribution is -0.140. The highest BCUT2D eigenvalue weighted by Gasteiger charge is 2.34. The Morgan fingerprint density at radius 2 is 1.68 bits per heavy atom. The number of hydrogen-bond donors (Lipinski definition) is 1. The number of carbonyl (C=O) groups is 2. The Balaban J connectivity index is 1.73. The number of rotatable bonds is 13. The van der Waals surface area contributed by atoms with Gasteiger partial charge in [0.2, 0.25) is 28.6 Å². The van der Waals surface area contributed by atoms with Crippen molar-refractivity contribution in [2.45, 2.75) is 39.3 Å². The van der Waals surface area contributed by atoms with Crippen LogP contribution in [-0.4, -0.2) is 56.8 Å². The zero-order chi connectivity index (χ0) is 29.4. The van der Waals surface area contributed by atoms with Gasteiger partial charge in [-0.2, -0.15) is 0 Å². The van der Waals surface area contributed by atoms with Crippen molar-refractivity contribution in [2.75, 3.05) is 29.9 Å². The molecule has 1 aliphatic rings. The third kappa shape index (κ3) is 7.80. The average molecular weight is 645 g/mol. The number of carbonyl (C=O) groups excluding carboxylic acids is 2. The number of benzene rings is 3. The van der Waals surface area contributed by atoms with Gasteiger partial charge < -0.3 is 19.7 Å². The van der Waals surface area contributed by atoms with E-state index in [9.17, 15) is 18.0 Å². The minimum absolute atomic E-state index is 0.0344. The lowest BCUT2D eigenvalue weighted by Crippen LogP contribution is -2.53. The Hall–Kier alpha value is -3.57. The molecule has 1 unspecified atom stereocenters. The van der Waals surface area contributed by atoms with Crippen molar-refractivity contribution in [3.63, 3.8) is 0 Å². The molecule has 0 bridgehead atoms. The summed E-state index contributed by atoms with van der Waals surface area (Å²) in [5.74, 6) is -0.122. The van der Waals surface area contributed by atoms with Crippen molar-refractivity contribution in [1.82, 2.24) is 10.2 Å². The number of fused-ring (bicyclic) bond motifs is 1. The second kappa shape index (κ2) is 13.9. The van der Waals surface area contributed by atoms with Gasteiger partial charge in [-0.1, -0.05) is 65.3 Å². The molecular weight excluding hydrogens is 610 g/mol. The first-order chi connectivity index (χ1) is 19.7. The van der Waals surface area contributed by atoms with E-state index in [-0.39, 0.29) is 37.1 Å². The molecule has 0 spiro atoms. The summed E-state index contributed by atoms with van der Waals surface area (Å²) in [7, 11) is -3.88. The highest BCUT2D eigenvalue weighted by molar-refractivity contribution is 9.10. The molecule has 2 amide bonds. The van der Waals surface area contributed by atoms with Crippen LogP contribution in [0.3, 0.4) is 0 Å². The zero-order valence-corrected chi connectivity index (χ0v) is 25.5. The van der Waals surface area contributed by atoms with Crippen LogP contribution in [0.4, 0.5) is 5.69 Å². The van der Waals surface area contributed by atoms with Crippen molar-refractivity contribution >= 4 is 43.5 Å². The lowest BCUT2D eigenvalue weighted by Gasteiger charge is -2.33. The summed E-state index contributed by atoms with van der Waals surface area (Å²) in [6, 6.07) is 20.8. The molecule has 4 rings (SSSR count). The molecule has 0 radical (unpaired) electrons. The van der Waals surface area contributed by atoms with E-state index >= 15 is 0 Å². The molecule has 218 valence electrons. The van der Waals surface area contributed by atoms with Crippen molar-refractivity contribution in [1.29, 1.82) is 0 Å². The number of anilines is 1. The third-order valence-corrected chi connectivity index (χ3v) is 8.92. The third-order valence-electron chi connectivity index (χ3n) is 6.69. The first kappa shape index (κ1) is 30.4. The molecule has 0 saturated carbocycles. The number of ether oxygens (including phenoxy) is 2. The maximum absolute atomic E-state index is 14.2. The molecule has 1 atom stereocenters. The number of hydrogen-bond acceptors (Lipinski definition) is 6.